The van der Waals surface area contributed by atoms with Crippen molar-refractivity contribution in [2.75, 3.05) is 19.8 Å². The molecule has 0 amide bonds. The van der Waals surface area contributed by atoms with Gasteiger partial charge in [-0.05, 0) is 53.9 Å². The Morgan fingerprint density at radius 2 is 2.24 bits per heavy atom. The van der Waals surface area contributed by atoms with E-state index >= 15 is 0 Å². The van der Waals surface area contributed by atoms with Crippen molar-refractivity contribution in [3.8, 4) is 0 Å². The number of nitrogens with one attached hydrogen (secondary N) is 1. The van der Waals surface area contributed by atoms with Crippen LogP contribution >= 0.6 is 15.9 Å². The minimum Gasteiger partial charge on any atom is -0.380 e. The highest BCUT2D eigenvalue weighted by Gasteiger charge is 2.09. The number of aromatic nitrogens is 1. The summed E-state index contributed by atoms with van der Waals surface area (Å²) >= 11 is 3.44. The summed E-state index contributed by atoms with van der Waals surface area (Å²) in [5, 5.41) is 3.50. The molecular weight excluding hydrogens is 280 g/mol. The normalized spacial score (nSPS) is 12.6. The Labute approximate surface area is 112 Å². The Hall–Kier alpha value is -0.450. The summed E-state index contributed by atoms with van der Waals surface area (Å²) in [7, 11) is 0. The molecule has 17 heavy (non-hydrogen) atoms. The van der Waals surface area contributed by atoms with E-state index in [4.69, 9.17) is 4.74 Å². The van der Waals surface area contributed by atoms with Crippen LogP contribution in [0.1, 0.15) is 25.8 Å². The molecule has 1 unspecified atom stereocenters. The molecule has 4 heteroatoms. The second kappa shape index (κ2) is 8.61. The van der Waals surface area contributed by atoms with Gasteiger partial charge in [-0.1, -0.05) is 6.92 Å². The Kier molecular flexibility index (Phi) is 7.40. The Bertz CT molecular complexity index is 312. The van der Waals surface area contributed by atoms with Crippen molar-refractivity contribution in [3.63, 3.8) is 0 Å². The van der Waals surface area contributed by atoms with Gasteiger partial charge in [0.05, 0.1) is 6.61 Å². The predicted molar refractivity (Wildman–Crippen MR) is 74.2 cm³/mol. The zero-order valence-corrected chi connectivity index (χ0v) is 12.2. The first kappa shape index (κ1) is 14.6. The van der Waals surface area contributed by atoms with Crippen molar-refractivity contribution < 1.29 is 4.74 Å². The molecule has 0 radical (unpaired) electrons. The maximum absolute atomic E-state index is 5.50. The van der Waals surface area contributed by atoms with E-state index in [9.17, 15) is 0 Å². The third-order valence-electron chi connectivity index (χ3n) is 2.45. The molecule has 0 aliphatic rings. The number of halogens is 1. The van der Waals surface area contributed by atoms with Crippen LogP contribution in [-0.4, -0.2) is 30.8 Å². The molecule has 1 rings (SSSR count). The molecule has 1 aromatic rings. The van der Waals surface area contributed by atoms with Crippen molar-refractivity contribution in [1.29, 1.82) is 0 Å². The smallest absolute Gasteiger partial charge is 0.0622 e. The van der Waals surface area contributed by atoms with Gasteiger partial charge < -0.3 is 10.1 Å². The number of pyridine rings is 1. The number of ether oxygens (including phenoxy) is 1. The third-order valence-corrected chi connectivity index (χ3v) is 2.88. The molecule has 0 aromatic carbocycles. The van der Waals surface area contributed by atoms with Gasteiger partial charge >= 0.3 is 0 Å². The van der Waals surface area contributed by atoms with Crippen LogP contribution in [0, 0.1) is 0 Å². The lowest BCUT2D eigenvalue weighted by atomic mass is 10.1. The summed E-state index contributed by atoms with van der Waals surface area (Å²) in [5.74, 6) is 0. The van der Waals surface area contributed by atoms with Gasteiger partial charge in [-0.3, -0.25) is 4.98 Å². The summed E-state index contributed by atoms with van der Waals surface area (Å²) in [6, 6.07) is 2.48. The van der Waals surface area contributed by atoms with Gasteiger partial charge in [0.15, 0.2) is 0 Å². The van der Waals surface area contributed by atoms with E-state index in [1.54, 1.807) is 6.20 Å². The second-order valence-corrected chi connectivity index (χ2v) is 4.94. The van der Waals surface area contributed by atoms with E-state index in [1.807, 2.05) is 13.1 Å². The third kappa shape index (κ3) is 6.15. The zero-order chi connectivity index (χ0) is 12.5. The van der Waals surface area contributed by atoms with Crippen molar-refractivity contribution in [1.82, 2.24) is 10.3 Å². The van der Waals surface area contributed by atoms with Gasteiger partial charge in [0.25, 0.3) is 0 Å². The minimum atomic E-state index is 0.367. The molecule has 1 N–H and O–H groups in total. The van der Waals surface area contributed by atoms with Crippen LogP contribution in [0.5, 0.6) is 0 Å². The van der Waals surface area contributed by atoms with Gasteiger partial charge in [0, 0.05) is 29.5 Å². The molecule has 0 spiro atoms. The van der Waals surface area contributed by atoms with Crippen LogP contribution in [0.4, 0.5) is 0 Å². The molecule has 1 atom stereocenters. The molecule has 3 nitrogen and oxygen atoms in total. The number of hydrogen-bond acceptors (Lipinski definition) is 3. The quantitative estimate of drug-likeness (QED) is 0.802. The maximum Gasteiger partial charge on any atom is 0.0622 e. The van der Waals surface area contributed by atoms with Gasteiger partial charge in [0.2, 0.25) is 0 Å². The Morgan fingerprint density at radius 1 is 1.41 bits per heavy atom. The highest BCUT2D eigenvalue weighted by Crippen LogP contribution is 2.11. The van der Waals surface area contributed by atoms with Crippen LogP contribution < -0.4 is 5.32 Å². The summed E-state index contributed by atoms with van der Waals surface area (Å²) < 4.78 is 6.53. The van der Waals surface area contributed by atoms with E-state index in [-0.39, 0.29) is 0 Å². The highest BCUT2D eigenvalue weighted by atomic mass is 79.9. The van der Waals surface area contributed by atoms with E-state index < -0.39 is 0 Å². The fourth-order valence-corrected chi connectivity index (χ4v) is 2.06. The van der Waals surface area contributed by atoms with E-state index in [1.165, 1.54) is 5.56 Å². The Balaban J connectivity index is 2.51. The van der Waals surface area contributed by atoms with Crippen LogP contribution in [0.3, 0.4) is 0 Å². The van der Waals surface area contributed by atoms with Gasteiger partial charge in [-0.2, -0.15) is 0 Å². The fraction of sp³-hybridized carbons (Fsp3) is 0.615. The average Bonchev–Trinajstić information content (AvgIpc) is 2.32. The zero-order valence-electron chi connectivity index (χ0n) is 10.6. The van der Waals surface area contributed by atoms with Crippen LogP contribution in [0.2, 0.25) is 0 Å². The summed E-state index contributed by atoms with van der Waals surface area (Å²) in [6.07, 6.45) is 5.81. The summed E-state index contributed by atoms with van der Waals surface area (Å²) in [5.41, 5.74) is 1.23. The van der Waals surface area contributed by atoms with Crippen molar-refractivity contribution in [3.05, 3.63) is 28.5 Å². The van der Waals surface area contributed by atoms with E-state index in [0.29, 0.717) is 6.04 Å². The SMILES string of the molecule is CCCNC(COCC)Cc1cncc(Br)c1. The van der Waals surface area contributed by atoms with Crippen LogP contribution in [-0.2, 0) is 11.2 Å². The molecule has 0 aliphatic carbocycles. The van der Waals surface area contributed by atoms with Crippen molar-refractivity contribution >= 4 is 15.9 Å². The standard InChI is InChI=1S/C13H21BrN2O/c1-3-5-16-13(10-17-4-2)7-11-6-12(14)9-15-8-11/h6,8-9,13,16H,3-5,7,10H2,1-2H3. The Morgan fingerprint density at radius 3 is 2.88 bits per heavy atom. The summed E-state index contributed by atoms with van der Waals surface area (Å²) in [4.78, 5) is 4.18. The maximum atomic E-state index is 5.50. The highest BCUT2D eigenvalue weighted by molar-refractivity contribution is 9.10. The first-order valence-electron chi connectivity index (χ1n) is 6.16. The molecule has 0 saturated heterocycles. The molecule has 0 fully saturated rings. The molecular formula is C13H21BrN2O. The van der Waals surface area contributed by atoms with Gasteiger partial charge in [0.1, 0.15) is 0 Å². The topological polar surface area (TPSA) is 34.1 Å². The molecule has 0 aliphatic heterocycles. The number of nitrogens with zero attached hydrogens (tertiary/aromatic N) is 1. The average molecular weight is 301 g/mol. The molecule has 1 aromatic heterocycles. The van der Waals surface area contributed by atoms with Crippen LogP contribution in [0.15, 0.2) is 22.9 Å². The lowest BCUT2D eigenvalue weighted by Gasteiger charge is -2.18. The largest absolute Gasteiger partial charge is 0.380 e. The van der Waals surface area contributed by atoms with Crippen molar-refractivity contribution in [2.24, 2.45) is 0 Å². The fourth-order valence-electron chi connectivity index (χ4n) is 1.65. The lowest BCUT2D eigenvalue weighted by Crippen LogP contribution is -2.36. The molecule has 0 saturated carbocycles. The van der Waals surface area contributed by atoms with Gasteiger partial charge in [-0.25, -0.2) is 0 Å². The van der Waals surface area contributed by atoms with Crippen LogP contribution in [0.25, 0.3) is 0 Å². The van der Waals surface area contributed by atoms with E-state index in [0.717, 1.165) is 37.1 Å². The second-order valence-electron chi connectivity index (χ2n) is 4.03. The molecule has 96 valence electrons. The monoisotopic (exact) mass is 300 g/mol. The first-order chi connectivity index (χ1) is 8.26. The number of hydrogen-bond donors (Lipinski definition) is 1. The van der Waals surface area contributed by atoms with Gasteiger partial charge in [-0.15, -0.1) is 0 Å². The predicted octanol–water partition coefficient (Wildman–Crippen LogP) is 2.79. The summed E-state index contributed by atoms with van der Waals surface area (Å²) in [6.45, 7) is 6.74. The van der Waals surface area contributed by atoms with E-state index in [2.05, 4.69) is 39.2 Å². The minimum absolute atomic E-state index is 0.367. The van der Waals surface area contributed by atoms with Crippen molar-refractivity contribution in [2.45, 2.75) is 32.7 Å². The molecule has 0 bridgehead atoms. The number of rotatable bonds is 8. The first-order valence-corrected chi connectivity index (χ1v) is 6.96. The lowest BCUT2D eigenvalue weighted by molar-refractivity contribution is 0.122. The molecule has 1 heterocycles.